The normalized spacial score (nSPS) is 11.3. The fourth-order valence-electron chi connectivity index (χ4n) is 3.23. The summed E-state index contributed by atoms with van der Waals surface area (Å²) in [5.74, 6) is 0. The van der Waals surface area contributed by atoms with Gasteiger partial charge in [0.25, 0.3) is 0 Å². The third-order valence-corrected chi connectivity index (χ3v) is 4.40. The van der Waals surface area contributed by atoms with Crippen LogP contribution in [0.5, 0.6) is 0 Å². The zero-order valence-electron chi connectivity index (χ0n) is 13.0. The minimum absolute atomic E-state index is 0.916. The average Bonchev–Trinajstić information content (AvgIpc) is 2.97. The quantitative estimate of drug-likeness (QED) is 0.403. The first-order valence-electron chi connectivity index (χ1n) is 8.04. The summed E-state index contributed by atoms with van der Waals surface area (Å²) in [4.78, 5) is 0. The van der Waals surface area contributed by atoms with E-state index in [1.807, 2.05) is 24.3 Å². The number of anilines is 2. The van der Waals surface area contributed by atoms with Gasteiger partial charge in [-0.25, -0.2) is 0 Å². The average molecular weight is 309 g/mol. The maximum Gasteiger partial charge on any atom is 0.136 e. The van der Waals surface area contributed by atoms with Gasteiger partial charge in [-0.1, -0.05) is 42.5 Å². The molecule has 1 aromatic heterocycles. The van der Waals surface area contributed by atoms with Crippen LogP contribution in [0.15, 0.2) is 89.3 Å². The number of fused-ring (bicyclic) bond motifs is 4. The third kappa shape index (κ3) is 2.12. The Hall–Kier alpha value is -3.26. The van der Waals surface area contributed by atoms with Crippen LogP contribution in [0.3, 0.4) is 0 Å². The molecule has 5 rings (SSSR count). The molecule has 5 aromatic rings. The maximum absolute atomic E-state index is 6.04. The molecule has 0 fully saturated rings. The highest BCUT2D eigenvalue weighted by molar-refractivity contribution is 6.10. The molecule has 0 unspecified atom stereocenters. The SMILES string of the molecule is c1ccc(Nc2ccc3oc4cc5ccccc5cc4c3c2)cc1. The second-order valence-electron chi connectivity index (χ2n) is 6.00. The van der Waals surface area contributed by atoms with Crippen molar-refractivity contribution in [2.75, 3.05) is 5.32 Å². The van der Waals surface area contributed by atoms with Gasteiger partial charge < -0.3 is 9.73 Å². The van der Waals surface area contributed by atoms with E-state index in [1.54, 1.807) is 0 Å². The van der Waals surface area contributed by atoms with Gasteiger partial charge in [-0.05, 0) is 53.2 Å². The van der Waals surface area contributed by atoms with Crippen molar-refractivity contribution < 1.29 is 4.42 Å². The lowest BCUT2D eigenvalue weighted by molar-refractivity contribution is 0.669. The molecule has 114 valence electrons. The van der Waals surface area contributed by atoms with E-state index in [-0.39, 0.29) is 0 Å². The van der Waals surface area contributed by atoms with Crippen LogP contribution < -0.4 is 5.32 Å². The highest BCUT2D eigenvalue weighted by Crippen LogP contribution is 2.34. The molecule has 4 aromatic carbocycles. The van der Waals surface area contributed by atoms with Gasteiger partial charge in [0.05, 0.1) is 0 Å². The number of para-hydroxylation sites is 1. The van der Waals surface area contributed by atoms with Gasteiger partial charge in [0.1, 0.15) is 11.2 Å². The van der Waals surface area contributed by atoms with Crippen LogP contribution in [0, 0.1) is 0 Å². The highest BCUT2D eigenvalue weighted by atomic mass is 16.3. The van der Waals surface area contributed by atoms with Gasteiger partial charge in [-0.3, -0.25) is 0 Å². The van der Waals surface area contributed by atoms with E-state index >= 15 is 0 Å². The van der Waals surface area contributed by atoms with Crippen LogP contribution >= 0.6 is 0 Å². The van der Waals surface area contributed by atoms with Crippen molar-refractivity contribution in [3.05, 3.63) is 84.9 Å². The van der Waals surface area contributed by atoms with E-state index < -0.39 is 0 Å². The van der Waals surface area contributed by atoms with Crippen molar-refractivity contribution >= 4 is 44.1 Å². The van der Waals surface area contributed by atoms with Gasteiger partial charge in [0.15, 0.2) is 0 Å². The number of hydrogen-bond acceptors (Lipinski definition) is 2. The van der Waals surface area contributed by atoms with Gasteiger partial charge in [0, 0.05) is 22.1 Å². The van der Waals surface area contributed by atoms with E-state index in [2.05, 4.69) is 66.0 Å². The fourth-order valence-corrected chi connectivity index (χ4v) is 3.23. The molecule has 2 nitrogen and oxygen atoms in total. The van der Waals surface area contributed by atoms with E-state index in [1.165, 1.54) is 10.8 Å². The molecule has 0 spiro atoms. The molecule has 0 amide bonds. The summed E-state index contributed by atoms with van der Waals surface area (Å²) in [7, 11) is 0. The van der Waals surface area contributed by atoms with E-state index in [4.69, 9.17) is 4.42 Å². The number of hydrogen-bond donors (Lipinski definition) is 1. The Morgan fingerprint density at radius 2 is 1.25 bits per heavy atom. The molecule has 0 saturated heterocycles. The molecule has 0 aliphatic carbocycles. The monoisotopic (exact) mass is 309 g/mol. The van der Waals surface area contributed by atoms with Gasteiger partial charge in [-0.15, -0.1) is 0 Å². The maximum atomic E-state index is 6.04. The predicted octanol–water partition coefficient (Wildman–Crippen LogP) is 6.48. The third-order valence-electron chi connectivity index (χ3n) is 4.40. The first-order chi connectivity index (χ1) is 11.9. The van der Waals surface area contributed by atoms with Gasteiger partial charge in [-0.2, -0.15) is 0 Å². The minimum Gasteiger partial charge on any atom is -0.456 e. The first-order valence-corrected chi connectivity index (χ1v) is 8.04. The number of benzene rings is 4. The molecule has 0 saturated carbocycles. The molecule has 0 aliphatic heterocycles. The summed E-state index contributed by atoms with van der Waals surface area (Å²) in [5.41, 5.74) is 3.99. The Balaban J connectivity index is 1.70. The van der Waals surface area contributed by atoms with E-state index in [0.29, 0.717) is 0 Å². The second-order valence-corrected chi connectivity index (χ2v) is 6.00. The Labute approximate surface area is 139 Å². The molecule has 1 N–H and O–H groups in total. The van der Waals surface area contributed by atoms with Crippen molar-refractivity contribution in [3.63, 3.8) is 0 Å². The smallest absolute Gasteiger partial charge is 0.136 e. The molecule has 0 radical (unpaired) electrons. The Kier molecular flexibility index (Phi) is 2.83. The summed E-state index contributed by atoms with van der Waals surface area (Å²) in [6.45, 7) is 0. The molecule has 24 heavy (non-hydrogen) atoms. The van der Waals surface area contributed by atoms with E-state index in [0.717, 1.165) is 33.3 Å². The minimum atomic E-state index is 0.916. The Morgan fingerprint density at radius 3 is 2.08 bits per heavy atom. The van der Waals surface area contributed by atoms with Crippen LogP contribution in [-0.2, 0) is 0 Å². The van der Waals surface area contributed by atoms with Crippen molar-refractivity contribution in [2.45, 2.75) is 0 Å². The predicted molar refractivity (Wildman–Crippen MR) is 101 cm³/mol. The van der Waals surface area contributed by atoms with Crippen LogP contribution in [0.2, 0.25) is 0 Å². The zero-order chi connectivity index (χ0) is 15.9. The van der Waals surface area contributed by atoms with Gasteiger partial charge in [0.2, 0.25) is 0 Å². The van der Waals surface area contributed by atoms with Crippen molar-refractivity contribution in [1.29, 1.82) is 0 Å². The number of nitrogens with one attached hydrogen (secondary N) is 1. The lowest BCUT2D eigenvalue weighted by atomic mass is 10.1. The largest absolute Gasteiger partial charge is 0.456 e. The standard InChI is InChI=1S/C22H15NO/c1-2-8-17(9-3-1)23-18-10-11-21-20(14-18)19-12-15-6-4-5-7-16(15)13-22(19)24-21/h1-14,23H. The highest BCUT2D eigenvalue weighted by Gasteiger charge is 2.09. The molecule has 1 heterocycles. The zero-order valence-corrected chi connectivity index (χ0v) is 13.0. The molecule has 0 atom stereocenters. The van der Waals surface area contributed by atoms with Crippen molar-refractivity contribution in [2.24, 2.45) is 0 Å². The lowest BCUT2D eigenvalue weighted by Gasteiger charge is -2.05. The lowest BCUT2D eigenvalue weighted by Crippen LogP contribution is -1.88. The molecule has 2 heteroatoms. The number of furan rings is 1. The van der Waals surface area contributed by atoms with Crippen LogP contribution in [0.25, 0.3) is 32.7 Å². The molecular formula is C22H15NO. The molecular weight excluding hydrogens is 294 g/mol. The van der Waals surface area contributed by atoms with Crippen molar-refractivity contribution in [1.82, 2.24) is 0 Å². The summed E-state index contributed by atoms with van der Waals surface area (Å²) in [6.07, 6.45) is 0. The molecule has 0 bridgehead atoms. The summed E-state index contributed by atoms with van der Waals surface area (Å²) >= 11 is 0. The van der Waals surface area contributed by atoms with Crippen LogP contribution in [0.4, 0.5) is 11.4 Å². The summed E-state index contributed by atoms with van der Waals surface area (Å²) in [5, 5.41) is 8.17. The molecule has 0 aliphatic rings. The van der Waals surface area contributed by atoms with Crippen molar-refractivity contribution in [3.8, 4) is 0 Å². The Bertz CT molecular complexity index is 1170. The first kappa shape index (κ1) is 13.2. The van der Waals surface area contributed by atoms with Gasteiger partial charge >= 0.3 is 0 Å². The summed E-state index contributed by atoms with van der Waals surface area (Å²) < 4.78 is 6.04. The summed E-state index contributed by atoms with van der Waals surface area (Å²) in [6, 6.07) is 29.1. The van der Waals surface area contributed by atoms with Crippen LogP contribution in [-0.4, -0.2) is 0 Å². The topological polar surface area (TPSA) is 25.2 Å². The second kappa shape index (κ2) is 5.14. The van der Waals surface area contributed by atoms with Crippen LogP contribution in [0.1, 0.15) is 0 Å². The van der Waals surface area contributed by atoms with E-state index in [9.17, 15) is 0 Å². The number of rotatable bonds is 2. The fraction of sp³-hybridized carbons (Fsp3) is 0. The Morgan fingerprint density at radius 1 is 0.542 bits per heavy atom.